The summed E-state index contributed by atoms with van der Waals surface area (Å²) in [6.07, 6.45) is 0. The second-order valence-electron chi connectivity index (χ2n) is 2.42. The molecule has 3 N–H and O–H groups in total. The van der Waals surface area contributed by atoms with E-state index in [1.165, 1.54) is 6.92 Å². The minimum absolute atomic E-state index is 0.102. The van der Waals surface area contributed by atoms with Gasteiger partial charge in [-0.2, -0.15) is 0 Å². The summed E-state index contributed by atoms with van der Waals surface area (Å²) in [4.78, 5) is 10.6. The van der Waals surface area contributed by atoms with Crippen molar-refractivity contribution in [3.8, 4) is 5.75 Å². The molecule has 7 heteroatoms. The van der Waals surface area contributed by atoms with Crippen molar-refractivity contribution in [2.24, 2.45) is 0 Å². The fourth-order valence-corrected chi connectivity index (χ4v) is 0.980. The normalized spacial score (nSPS) is 9.53. The predicted molar refractivity (Wildman–Crippen MR) is 58.9 cm³/mol. The van der Waals surface area contributed by atoms with E-state index in [0.29, 0.717) is 5.69 Å². The van der Waals surface area contributed by atoms with E-state index >= 15 is 0 Å². The van der Waals surface area contributed by atoms with Crippen LogP contribution in [0.2, 0.25) is 5.02 Å². The SMILES string of the molecule is CC(=O)Nc1cccc(Cl)c1O.O=[AsH2]O. The van der Waals surface area contributed by atoms with E-state index in [1.54, 1.807) is 18.2 Å². The van der Waals surface area contributed by atoms with Crippen LogP contribution in [0.25, 0.3) is 0 Å². The molecule has 0 heterocycles. The molecular formula is C8H11AsClNO4. The number of halogens is 1. The van der Waals surface area contributed by atoms with Gasteiger partial charge >= 0.3 is 23.9 Å². The van der Waals surface area contributed by atoms with Crippen LogP contribution in [0.1, 0.15) is 6.92 Å². The minimum atomic E-state index is -1.94. The van der Waals surface area contributed by atoms with Gasteiger partial charge in [-0.25, -0.2) is 0 Å². The van der Waals surface area contributed by atoms with Crippen molar-refractivity contribution in [1.82, 2.24) is 0 Å². The maximum absolute atomic E-state index is 10.6. The summed E-state index contributed by atoms with van der Waals surface area (Å²) in [6.45, 7) is 1.36. The van der Waals surface area contributed by atoms with Gasteiger partial charge in [0.1, 0.15) is 0 Å². The van der Waals surface area contributed by atoms with Gasteiger partial charge in [-0.1, -0.05) is 17.7 Å². The van der Waals surface area contributed by atoms with Crippen molar-refractivity contribution < 1.29 is 17.7 Å². The molecule has 5 nitrogen and oxygen atoms in total. The quantitative estimate of drug-likeness (QED) is 0.517. The van der Waals surface area contributed by atoms with Crippen molar-refractivity contribution in [2.45, 2.75) is 6.92 Å². The zero-order valence-electron chi connectivity index (χ0n) is 7.90. The van der Waals surface area contributed by atoms with Crippen molar-refractivity contribution >= 4 is 39.2 Å². The van der Waals surface area contributed by atoms with Gasteiger partial charge in [-0.05, 0) is 12.1 Å². The average molecular weight is 296 g/mol. The number of nitrogens with one attached hydrogen (secondary N) is 1. The maximum atomic E-state index is 10.6. The van der Waals surface area contributed by atoms with Crippen LogP contribution in [0.3, 0.4) is 0 Å². The molecule has 1 aromatic carbocycles. The number of carbonyl (C=O) groups excluding carboxylic acids is 1. The molecule has 0 aliphatic rings. The number of carbonyl (C=O) groups is 1. The third-order valence-corrected chi connectivity index (χ3v) is 1.60. The van der Waals surface area contributed by atoms with Gasteiger partial charge in [-0.15, -0.1) is 0 Å². The molecule has 0 aromatic heterocycles. The van der Waals surface area contributed by atoms with E-state index < -0.39 is 16.0 Å². The summed E-state index contributed by atoms with van der Waals surface area (Å²) in [5.41, 5.74) is 0.329. The fourth-order valence-electron chi connectivity index (χ4n) is 0.806. The Balaban J connectivity index is 0.000000583. The number of rotatable bonds is 1. The first-order chi connectivity index (χ1) is 7.02. The van der Waals surface area contributed by atoms with E-state index in [-0.39, 0.29) is 16.7 Å². The van der Waals surface area contributed by atoms with E-state index in [1.807, 2.05) is 0 Å². The summed E-state index contributed by atoms with van der Waals surface area (Å²) in [5.74, 6) is -0.345. The number of hydrogen-bond acceptors (Lipinski definition) is 3. The monoisotopic (exact) mass is 295 g/mol. The predicted octanol–water partition coefficient (Wildman–Crippen LogP) is 0.412. The molecule has 1 aromatic rings. The molecule has 0 bridgehead atoms. The number of amides is 1. The molecule has 1 unspecified atom stereocenters. The molecule has 0 spiro atoms. The van der Waals surface area contributed by atoms with Crippen molar-refractivity contribution in [3.05, 3.63) is 23.2 Å². The van der Waals surface area contributed by atoms with E-state index in [9.17, 15) is 9.90 Å². The molecule has 0 aliphatic heterocycles. The van der Waals surface area contributed by atoms with E-state index in [2.05, 4.69) is 5.32 Å². The van der Waals surface area contributed by atoms with Crippen LogP contribution in [-0.4, -0.2) is 31.1 Å². The van der Waals surface area contributed by atoms with Gasteiger partial charge in [0.2, 0.25) is 5.91 Å². The Hall–Kier alpha value is -0.902. The molecule has 0 saturated carbocycles. The number of anilines is 1. The van der Waals surface area contributed by atoms with Crippen LogP contribution in [0.4, 0.5) is 5.69 Å². The molecular weight excluding hydrogens is 284 g/mol. The number of para-hydroxylation sites is 1. The molecule has 0 radical (unpaired) electrons. The summed E-state index contributed by atoms with van der Waals surface area (Å²) in [7, 11) is 0. The molecule has 84 valence electrons. The molecule has 0 aliphatic carbocycles. The summed E-state index contributed by atoms with van der Waals surface area (Å²) < 4.78 is 15.8. The van der Waals surface area contributed by atoms with Gasteiger partial charge in [0.25, 0.3) is 0 Å². The molecule has 1 rings (SSSR count). The zero-order valence-corrected chi connectivity index (χ0v) is 11.1. The topological polar surface area (TPSA) is 86.6 Å². The van der Waals surface area contributed by atoms with Gasteiger partial charge in [0, 0.05) is 6.92 Å². The number of aromatic hydroxyl groups is 1. The van der Waals surface area contributed by atoms with Crippen molar-refractivity contribution in [1.29, 1.82) is 0 Å². The van der Waals surface area contributed by atoms with Crippen molar-refractivity contribution in [2.75, 3.05) is 5.32 Å². The number of phenols is 1. The average Bonchev–Trinajstić information content (AvgIpc) is 2.13. The Morgan fingerprint density at radius 1 is 1.53 bits per heavy atom. The molecule has 1 atom stereocenters. The Kier molecular flexibility index (Phi) is 6.95. The van der Waals surface area contributed by atoms with Crippen LogP contribution in [0, 0.1) is 0 Å². The Morgan fingerprint density at radius 2 is 2.07 bits per heavy atom. The first-order valence-electron chi connectivity index (χ1n) is 3.85. The summed E-state index contributed by atoms with van der Waals surface area (Å²) in [5, 5.41) is 12.0. The number of hydrogen-bond donors (Lipinski definition) is 3. The van der Waals surface area contributed by atoms with Gasteiger partial charge in [0.15, 0.2) is 5.75 Å². The fraction of sp³-hybridized carbons (Fsp3) is 0.125. The number of benzene rings is 1. The van der Waals surface area contributed by atoms with Crippen LogP contribution >= 0.6 is 11.6 Å². The van der Waals surface area contributed by atoms with Crippen LogP contribution in [0.15, 0.2) is 18.2 Å². The summed E-state index contributed by atoms with van der Waals surface area (Å²) in [6, 6.07) is 4.76. The van der Waals surface area contributed by atoms with Gasteiger partial charge < -0.3 is 10.4 Å². The Labute approximate surface area is 98.3 Å². The van der Waals surface area contributed by atoms with E-state index in [0.717, 1.165) is 0 Å². The Bertz CT molecular complexity index is 358. The number of phenolic OH excluding ortho intramolecular Hbond substituents is 1. The second kappa shape index (κ2) is 7.40. The second-order valence-corrected chi connectivity index (χ2v) is 3.27. The van der Waals surface area contributed by atoms with Crippen LogP contribution in [-0.2, 0) is 8.53 Å². The summed E-state index contributed by atoms with van der Waals surface area (Å²) >= 11 is 3.66. The third-order valence-electron chi connectivity index (χ3n) is 1.30. The van der Waals surface area contributed by atoms with Crippen molar-refractivity contribution in [3.63, 3.8) is 0 Å². The van der Waals surface area contributed by atoms with Gasteiger partial charge in [-0.3, -0.25) is 4.79 Å². The standard InChI is InChI=1S/C8H8ClNO2.AsH3O2/c1-5(11)10-7-4-2-3-6(9)8(7)12;2-1-3/h2-4,12H,1H3,(H,10,11);1H2,(H,2,3). The van der Waals surface area contributed by atoms with Gasteiger partial charge in [0.05, 0.1) is 10.7 Å². The van der Waals surface area contributed by atoms with E-state index in [4.69, 9.17) is 19.4 Å². The first kappa shape index (κ1) is 14.1. The molecule has 15 heavy (non-hydrogen) atoms. The Morgan fingerprint density at radius 3 is 2.53 bits per heavy atom. The van der Waals surface area contributed by atoms with Crippen LogP contribution in [0.5, 0.6) is 5.75 Å². The zero-order chi connectivity index (χ0) is 11.8. The molecule has 0 fully saturated rings. The van der Waals surface area contributed by atoms with Crippen LogP contribution < -0.4 is 5.32 Å². The third kappa shape index (κ3) is 5.52. The first-order valence-corrected chi connectivity index (χ1v) is 6.31. The molecule has 0 saturated heterocycles. The molecule has 1 amide bonds.